The highest BCUT2D eigenvalue weighted by Gasteiger charge is 2.40. The van der Waals surface area contributed by atoms with E-state index in [1.165, 1.54) is 14.2 Å². The van der Waals surface area contributed by atoms with E-state index in [4.69, 9.17) is 9.72 Å². The Morgan fingerprint density at radius 3 is 1.94 bits per heavy atom. The average Bonchev–Trinajstić information content (AvgIpc) is 3.96. The number of rotatable bonds is 14. The second-order valence-corrected chi connectivity index (χ2v) is 14.3. The Labute approximate surface area is 310 Å². The van der Waals surface area contributed by atoms with Crippen LogP contribution in [0.1, 0.15) is 70.7 Å². The molecule has 5 atom stereocenters. The number of methoxy groups -OCH3 is 2. The van der Waals surface area contributed by atoms with Gasteiger partial charge in [-0.3, -0.25) is 14.6 Å². The number of ether oxygens (including phenoxy) is 2. The van der Waals surface area contributed by atoms with Crippen molar-refractivity contribution in [2.24, 2.45) is 22.7 Å². The SMILES string of the molecule is COC(=O)N[C@H](C(=O)N[C@@H](CO)C1=NC=C(c2ccc(-c3ccc(-c4cnc([C@@H]5CCCC5C(=O)[C@@H](NC(=O)OC)C(C)C)[nH]4)cc3)cc2)C1)C(C)C. The largest absolute Gasteiger partial charge is 0.453 e. The van der Waals surface area contributed by atoms with Gasteiger partial charge < -0.3 is 35.5 Å². The second-order valence-electron chi connectivity index (χ2n) is 14.3. The van der Waals surface area contributed by atoms with Gasteiger partial charge in [0.25, 0.3) is 0 Å². The van der Waals surface area contributed by atoms with Crippen LogP contribution in [-0.4, -0.2) is 83.6 Å². The van der Waals surface area contributed by atoms with Crippen molar-refractivity contribution in [3.63, 3.8) is 0 Å². The number of carbonyl (C=O) groups excluding carboxylic acids is 4. The van der Waals surface area contributed by atoms with Crippen LogP contribution in [0.4, 0.5) is 9.59 Å². The van der Waals surface area contributed by atoms with Gasteiger partial charge in [0.15, 0.2) is 5.78 Å². The van der Waals surface area contributed by atoms with Gasteiger partial charge in [0.2, 0.25) is 5.91 Å². The number of nitrogens with one attached hydrogen (secondary N) is 4. The fourth-order valence-corrected chi connectivity index (χ4v) is 7.06. The molecule has 1 aliphatic carbocycles. The van der Waals surface area contributed by atoms with Crippen molar-refractivity contribution >= 4 is 35.2 Å². The number of carbonyl (C=O) groups is 4. The number of amides is 3. The molecule has 0 radical (unpaired) electrons. The van der Waals surface area contributed by atoms with Gasteiger partial charge in [0, 0.05) is 30.2 Å². The van der Waals surface area contributed by atoms with E-state index >= 15 is 0 Å². The van der Waals surface area contributed by atoms with Crippen molar-refractivity contribution in [3.8, 4) is 22.4 Å². The van der Waals surface area contributed by atoms with Gasteiger partial charge in [-0.15, -0.1) is 0 Å². The minimum absolute atomic E-state index is 0.0166. The molecule has 13 heteroatoms. The first-order chi connectivity index (χ1) is 25.4. The third-order valence-corrected chi connectivity index (χ3v) is 10.1. The molecular formula is C40H50N6O7. The van der Waals surface area contributed by atoms with Gasteiger partial charge in [-0.1, -0.05) is 82.6 Å². The molecule has 1 fully saturated rings. The number of hydrogen-bond donors (Lipinski definition) is 5. The Bertz CT molecular complexity index is 1830. The number of aliphatic hydroxyl groups excluding tert-OH is 1. The number of aliphatic hydroxyl groups is 1. The maximum atomic E-state index is 13.6. The standard InChI is InChI=1S/C40H50N6O7/c1-22(2)34(45-39(50)52-5)36(48)29-8-7-9-30(29)37-42-20-32(43-37)27-16-14-25(15-17-27)24-10-12-26(13-11-24)28-18-31(41-19-28)33(21-47)44-38(49)35(23(3)4)46-40(51)53-6/h10-17,19-20,22-23,29-30,33-35,47H,7-9,18,21H2,1-6H3,(H,42,43)(H,44,49)(H,45,50)(H,46,51)/t29?,30-,33+,34+,35+/m1/s1. The first-order valence-corrected chi connectivity index (χ1v) is 18.1. The third-order valence-electron chi connectivity index (χ3n) is 10.1. The first-order valence-electron chi connectivity index (χ1n) is 18.1. The van der Waals surface area contributed by atoms with Crippen molar-refractivity contribution in [3.05, 3.63) is 72.3 Å². The maximum absolute atomic E-state index is 13.6. The highest BCUT2D eigenvalue weighted by molar-refractivity contribution is 6.03. The van der Waals surface area contributed by atoms with Gasteiger partial charge in [0.05, 0.1) is 44.8 Å². The summed E-state index contributed by atoms with van der Waals surface area (Å²) in [5, 5.41) is 18.2. The van der Waals surface area contributed by atoms with E-state index in [1.54, 1.807) is 6.20 Å². The zero-order chi connectivity index (χ0) is 38.2. The molecule has 1 saturated carbocycles. The zero-order valence-electron chi connectivity index (χ0n) is 31.1. The summed E-state index contributed by atoms with van der Waals surface area (Å²) in [5.74, 6) is -0.179. The molecule has 3 aromatic rings. The molecule has 13 nitrogen and oxygen atoms in total. The summed E-state index contributed by atoms with van der Waals surface area (Å²) in [4.78, 5) is 62.9. The van der Waals surface area contributed by atoms with E-state index in [-0.39, 0.29) is 36.1 Å². The van der Waals surface area contributed by atoms with Crippen LogP contribution in [0.3, 0.4) is 0 Å². The highest BCUT2D eigenvalue weighted by atomic mass is 16.5. The minimum Gasteiger partial charge on any atom is -0.453 e. The number of nitrogens with zero attached hydrogens (tertiary/aromatic N) is 2. The summed E-state index contributed by atoms with van der Waals surface area (Å²) in [6, 6.07) is 14.2. The molecular weight excluding hydrogens is 676 g/mol. The molecule has 282 valence electrons. The monoisotopic (exact) mass is 726 g/mol. The number of alkyl carbamates (subject to hydrolysis) is 2. The number of H-pyrrole nitrogens is 1. The molecule has 5 rings (SSSR count). The molecule has 2 aromatic carbocycles. The van der Waals surface area contributed by atoms with Crippen LogP contribution in [-0.2, 0) is 19.1 Å². The van der Waals surface area contributed by atoms with Crippen LogP contribution in [0.15, 0.2) is 65.9 Å². The van der Waals surface area contributed by atoms with Gasteiger partial charge in [-0.2, -0.15) is 0 Å². The lowest BCUT2D eigenvalue weighted by atomic mass is 9.84. The molecule has 53 heavy (non-hydrogen) atoms. The normalized spacial score (nSPS) is 18.5. The Balaban J connectivity index is 1.19. The number of aromatic amines is 1. The van der Waals surface area contributed by atoms with Crippen LogP contribution in [0.25, 0.3) is 28.0 Å². The molecule has 1 aliphatic heterocycles. The number of aromatic nitrogens is 2. The zero-order valence-corrected chi connectivity index (χ0v) is 31.1. The molecule has 1 unspecified atom stereocenters. The second kappa shape index (κ2) is 17.5. The van der Waals surface area contributed by atoms with Crippen LogP contribution in [0.2, 0.25) is 0 Å². The lowest BCUT2D eigenvalue weighted by molar-refractivity contribution is -0.126. The van der Waals surface area contributed by atoms with Crippen LogP contribution in [0.5, 0.6) is 0 Å². The van der Waals surface area contributed by atoms with Crippen molar-refractivity contribution in [1.29, 1.82) is 0 Å². The predicted molar refractivity (Wildman–Crippen MR) is 202 cm³/mol. The molecule has 5 N–H and O–H groups in total. The fourth-order valence-electron chi connectivity index (χ4n) is 7.06. The molecule has 0 saturated heterocycles. The Morgan fingerprint density at radius 1 is 0.811 bits per heavy atom. The molecule has 0 spiro atoms. The summed E-state index contributed by atoms with van der Waals surface area (Å²) in [6.07, 6.45) is 5.23. The number of hydrogen-bond acceptors (Lipinski definition) is 9. The number of benzene rings is 2. The summed E-state index contributed by atoms with van der Waals surface area (Å²) in [7, 11) is 2.53. The van der Waals surface area contributed by atoms with Crippen LogP contribution in [0, 0.1) is 17.8 Å². The molecule has 2 aliphatic rings. The maximum Gasteiger partial charge on any atom is 0.407 e. The lowest BCUT2D eigenvalue weighted by Gasteiger charge is -2.26. The van der Waals surface area contributed by atoms with Crippen molar-refractivity contribution < 1.29 is 33.8 Å². The van der Waals surface area contributed by atoms with Crippen molar-refractivity contribution in [2.75, 3.05) is 20.8 Å². The van der Waals surface area contributed by atoms with Crippen LogP contribution >= 0.6 is 0 Å². The number of allylic oxidation sites excluding steroid dienone is 1. The number of ketones is 1. The lowest BCUT2D eigenvalue weighted by Crippen LogP contribution is -2.54. The van der Waals surface area contributed by atoms with E-state index in [2.05, 4.69) is 42.8 Å². The molecule has 2 heterocycles. The van der Waals surface area contributed by atoms with Gasteiger partial charge >= 0.3 is 12.2 Å². The van der Waals surface area contributed by atoms with Gasteiger partial charge in [-0.05, 0) is 52.5 Å². The predicted octanol–water partition coefficient (Wildman–Crippen LogP) is 5.62. The van der Waals surface area contributed by atoms with E-state index in [0.717, 1.165) is 58.6 Å². The summed E-state index contributed by atoms with van der Waals surface area (Å²) >= 11 is 0. The Kier molecular flexibility index (Phi) is 12.8. The summed E-state index contributed by atoms with van der Waals surface area (Å²) in [6.45, 7) is 7.12. The molecule has 3 amide bonds. The van der Waals surface area contributed by atoms with E-state index in [0.29, 0.717) is 12.1 Å². The fraction of sp³-hybridized carbons (Fsp3) is 0.450. The molecule has 0 bridgehead atoms. The topological polar surface area (TPSA) is 184 Å². The number of aliphatic imine (C=N–C) groups is 1. The van der Waals surface area contributed by atoms with Gasteiger partial charge in [-0.25, -0.2) is 14.6 Å². The summed E-state index contributed by atoms with van der Waals surface area (Å²) < 4.78 is 9.41. The van der Waals surface area contributed by atoms with Gasteiger partial charge in [0.1, 0.15) is 11.9 Å². The Morgan fingerprint density at radius 2 is 1.38 bits per heavy atom. The minimum atomic E-state index is -0.826. The average molecular weight is 727 g/mol. The quantitative estimate of drug-likeness (QED) is 0.142. The Hall–Kier alpha value is -5.30. The van der Waals surface area contributed by atoms with Crippen molar-refractivity contribution in [2.45, 2.75) is 77.4 Å². The smallest absolute Gasteiger partial charge is 0.407 e. The van der Waals surface area contributed by atoms with E-state index in [1.807, 2.05) is 70.3 Å². The third kappa shape index (κ3) is 9.20. The van der Waals surface area contributed by atoms with Crippen LogP contribution < -0.4 is 16.0 Å². The molecule has 1 aromatic heterocycles. The first kappa shape index (κ1) is 38.9. The highest BCUT2D eigenvalue weighted by Crippen LogP contribution is 2.41. The van der Waals surface area contributed by atoms with Crippen molar-refractivity contribution in [1.82, 2.24) is 25.9 Å². The van der Waals surface area contributed by atoms with E-state index in [9.17, 15) is 24.3 Å². The summed E-state index contributed by atoms with van der Waals surface area (Å²) in [5.41, 5.74) is 6.50. The number of Topliss-reactive ketones (excluding diaryl/α,β-unsaturated/α-hetero) is 1. The van der Waals surface area contributed by atoms with E-state index < -0.39 is 36.2 Å². The number of imidazole rings is 1.